The van der Waals surface area contributed by atoms with Gasteiger partial charge in [0.25, 0.3) is 5.91 Å². The van der Waals surface area contributed by atoms with E-state index in [9.17, 15) is 14.0 Å². The number of hydrogen-bond donors (Lipinski definition) is 0. The van der Waals surface area contributed by atoms with Gasteiger partial charge in [-0.05, 0) is 37.1 Å². The van der Waals surface area contributed by atoms with Crippen molar-refractivity contribution in [3.05, 3.63) is 65.7 Å². The largest absolute Gasteiger partial charge is 0.449 e. The molecule has 27 heavy (non-hydrogen) atoms. The Morgan fingerprint density at radius 2 is 1.78 bits per heavy atom. The second-order valence-electron chi connectivity index (χ2n) is 6.58. The predicted octanol–water partition coefficient (Wildman–Crippen LogP) is 3.21. The summed E-state index contributed by atoms with van der Waals surface area (Å²) < 4.78 is 19.7. The van der Waals surface area contributed by atoms with Crippen molar-refractivity contribution in [3.63, 3.8) is 0 Å². The molecule has 2 aromatic rings. The first kappa shape index (κ1) is 17.3. The first-order valence-electron chi connectivity index (χ1n) is 8.96. The van der Waals surface area contributed by atoms with Crippen LogP contribution in [0.25, 0.3) is 6.08 Å². The van der Waals surface area contributed by atoms with E-state index in [4.69, 9.17) is 4.74 Å². The summed E-state index contributed by atoms with van der Waals surface area (Å²) in [5, 5.41) is 0. The van der Waals surface area contributed by atoms with Crippen LogP contribution in [0.5, 0.6) is 5.75 Å². The Morgan fingerprint density at radius 1 is 1.07 bits per heavy atom. The minimum Gasteiger partial charge on any atom is -0.449 e. The predicted molar refractivity (Wildman–Crippen MR) is 99.6 cm³/mol. The van der Waals surface area contributed by atoms with E-state index in [1.165, 1.54) is 17.0 Å². The highest BCUT2D eigenvalue weighted by atomic mass is 19.1. The Bertz CT molecular complexity index is 919. The van der Waals surface area contributed by atoms with Crippen molar-refractivity contribution >= 4 is 23.6 Å². The number of benzene rings is 2. The van der Waals surface area contributed by atoms with Crippen molar-refractivity contribution in [1.29, 1.82) is 0 Å². The molecule has 0 spiro atoms. The zero-order valence-electron chi connectivity index (χ0n) is 14.7. The van der Waals surface area contributed by atoms with E-state index < -0.39 is 11.7 Å². The van der Waals surface area contributed by atoms with E-state index in [2.05, 4.69) is 0 Å². The summed E-state index contributed by atoms with van der Waals surface area (Å²) in [7, 11) is 0. The van der Waals surface area contributed by atoms with Gasteiger partial charge in [-0.3, -0.25) is 14.5 Å². The number of likely N-dealkylation sites (tertiary alicyclic amines) is 1. The molecule has 0 atom stereocenters. The Labute approximate surface area is 156 Å². The Morgan fingerprint density at radius 3 is 2.56 bits per heavy atom. The number of carbonyl (C=O) groups is 2. The van der Waals surface area contributed by atoms with Crippen LogP contribution in [0, 0.1) is 5.82 Å². The molecule has 6 heteroatoms. The molecule has 0 aromatic heterocycles. The fourth-order valence-electron chi connectivity index (χ4n) is 3.35. The van der Waals surface area contributed by atoms with Gasteiger partial charge in [-0.2, -0.15) is 0 Å². The molecule has 138 valence electrons. The lowest BCUT2D eigenvalue weighted by atomic mass is 10.1. The summed E-state index contributed by atoms with van der Waals surface area (Å²) in [6.45, 7) is 1.38. The van der Waals surface area contributed by atoms with Crippen LogP contribution in [-0.4, -0.2) is 36.3 Å². The van der Waals surface area contributed by atoms with E-state index >= 15 is 0 Å². The molecule has 4 rings (SSSR count). The molecule has 2 aliphatic rings. The van der Waals surface area contributed by atoms with Gasteiger partial charge in [0, 0.05) is 18.7 Å². The number of fused-ring (bicyclic) bond motifs is 1. The summed E-state index contributed by atoms with van der Waals surface area (Å²) in [4.78, 5) is 28.8. The molecule has 2 aromatic carbocycles. The van der Waals surface area contributed by atoms with Crippen molar-refractivity contribution in [3.8, 4) is 5.75 Å². The number of carbonyl (C=O) groups excluding carboxylic acids is 2. The van der Waals surface area contributed by atoms with Gasteiger partial charge in [-0.25, -0.2) is 4.39 Å². The summed E-state index contributed by atoms with van der Waals surface area (Å²) in [6.07, 6.45) is 3.34. The maximum atomic E-state index is 14.0. The van der Waals surface area contributed by atoms with Crippen molar-refractivity contribution in [2.75, 3.05) is 24.5 Å². The third kappa shape index (κ3) is 3.43. The average molecular weight is 366 g/mol. The smallest absolute Gasteiger partial charge is 0.294 e. The lowest BCUT2D eigenvalue weighted by Crippen LogP contribution is -2.45. The second kappa shape index (κ2) is 7.23. The average Bonchev–Trinajstić information content (AvgIpc) is 3.21. The lowest BCUT2D eigenvalue weighted by Gasteiger charge is -2.31. The first-order valence-corrected chi connectivity index (χ1v) is 8.96. The van der Waals surface area contributed by atoms with Crippen LogP contribution in [0.2, 0.25) is 0 Å². The minimum absolute atomic E-state index is 0.00646. The minimum atomic E-state index is -0.454. The molecular weight excluding hydrogens is 347 g/mol. The highest BCUT2D eigenvalue weighted by Crippen LogP contribution is 2.35. The molecule has 1 saturated heterocycles. The molecule has 0 N–H and O–H groups in total. The monoisotopic (exact) mass is 366 g/mol. The van der Waals surface area contributed by atoms with Crippen LogP contribution in [0.1, 0.15) is 18.4 Å². The quantitative estimate of drug-likeness (QED) is 0.784. The number of nitrogens with zero attached hydrogens (tertiary/aromatic N) is 2. The standard InChI is InChI=1S/C21H19FN2O3/c22-16-8-2-1-7-15(16)13-19-21(26)24(14-20(25)23-11-5-6-12-23)17-9-3-4-10-18(17)27-19/h1-4,7-10,13H,5-6,11-12,14H2. The van der Waals surface area contributed by atoms with Crippen LogP contribution in [-0.2, 0) is 9.59 Å². The zero-order chi connectivity index (χ0) is 18.8. The number of amides is 2. The SMILES string of the molecule is O=C(CN1C(=O)C(=Cc2ccccc2F)Oc2ccccc21)N1CCCC1. The van der Waals surface area contributed by atoms with Gasteiger partial charge < -0.3 is 9.64 Å². The highest BCUT2D eigenvalue weighted by molar-refractivity contribution is 6.12. The van der Waals surface area contributed by atoms with Crippen LogP contribution >= 0.6 is 0 Å². The second-order valence-corrected chi connectivity index (χ2v) is 6.58. The molecule has 1 fully saturated rings. The van der Waals surface area contributed by atoms with Crippen molar-refractivity contribution < 1.29 is 18.7 Å². The van der Waals surface area contributed by atoms with Crippen LogP contribution in [0.4, 0.5) is 10.1 Å². The molecule has 0 saturated carbocycles. The Hall–Kier alpha value is -3.15. The van der Waals surface area contributed by atoms with Crippen LogP contribution in [0.15, 0.2) is 54.3 Å². The van der Waals surface area contributed by atoms with Gasteiger partial charge in [-0.15, -0.1) is 0 Å². The van der Waals surface area contributed by atoms with Gasteiger partial charge in [0.1, 0.15) is 12.4 Å². The van der Waals surface area contributed by atoms with Crippen LogP contribution in [0.3, 0.4) is 0 Å². The molecule has 0 bridgehead atoms. The number of rotatable bonds is 3. The molecule has 2 amide bonds. The van der Waals surface area contributed by atoms with E-state index in [0.29, 0.717) is 11.4 Å². The normalized spacial score (nSPS) is 17.8. The van der Waals surface area contributed by atoms with E-state index in [1.54, 1.807) is 47.4 Å². The third-order valence-corrected chi connectivity index (χ3v) is 4.78. The molecule has 0 unspecified atom stereocenters. The highest BCUT2D eigenvalue weighted by Gasteiger charge is 2.33. The number of halogens is 1. The lowest BCUT2D eigenvalue weighted by molar-refractivity contribution is -0.130. The third-order valence-electron chi connectivity index (χ3n) is 4.78. The summed E-state index contributed by atoms with van der Waals surface area (Å²) in [5.41, 5.74) is 0.798. The summed E-state index contributed by atoms with van der Waals surface area (Å²) >= 11 is 0. The fourth-order valence-corrected chi connectivity index (χ4v) is 3.35. The molecular formula is C21H19FN2O3. The number of para-hydroxylation sites is 2. The number of hydrogen-bond acceptors (Lipinski definition) is 3. The molecule has 2 heterocycles. The van der Waals surface area contributed by atoms with Gasteiger partial charge >= 0.3 is 0 Å². The number of ether oxygens (including phenoxy) is 1. The van der Waals surface area contributed by atoms with Crippen LogP contribution < -0.4 is 9.64 Å². The zero-order valence-corrected chi connectivity index (χ0v) is 14.7. The van der Waals surface area contributed by atoms with Gasteiger partial charge in [0.15, 0.2) is 11.5 Å². The van der Waals surface area contributed by atoms with Gasteiger partial charge in [0.2, 0.25) is 5.91 Å². The molecule has 0 radical (unpaired) electrons. The molecule has 0 aliphatic carbocycles. The summed E-state index contributed by atoms with van der Waals surface area (Å²) in [6, 6.07) is 13.2. The molecule has 2 aliphatic heterocycles. The van der Waals surface area contributed by atoms with Gasteiger partial charge in [0.05, 0.1) is 5.69 Å². The van der Waals surface area contributed by atoms with E-state index in [0.717, 1.165) is 25.9 Å². The fraction of sp³-hybridized carbons (Fsp3) is 0.238. The van der Waals surface area contributed by atoms with E-state index in [1.807, 2.05) is 0 Å². The maximum Gasteiger partial charge on any atom is 0.294 e. The van der Waals surface area contributed by atoms with Gasteiger partial charge in [-0.1, -0.05) is 30.3 Å². The van der Waals surface area contributed by atoms with Crippen molar-refractivity contribution in [1.82, 2.24) is 4.90 Å². The Kier molecular flexibility index (Phi) is 4.62. The summed E-state index contributed by atoms with van der Waals surface area (Å²) in [5.74, 6) is -0.533. The first-order chi connectivity index (χ1) is 13.1. The maximum absolute atomic E-state index is 14.0. The van der Waals surface area contributed by atoms with Crippen molar-refractivity contribution in [2.45, 2.75) is 12.8 Å². The Balaban J connectivity index is 1.68. The van der Waals surface area contributed by atoms with Crippen molar-refractivity contribution in [2.24, 2.45) is 0 Å². The van der Waals surface area contributed by atoms with E-state index in [-0.39, 0.29) is 23.8 Å². The topological polar surface area (TPSA) is 49.9 Å². The molecule has 5 nitrogen and oxygen atoms in total. The number of anilines is 1.